The van der Waals surface area contributed by atoms with Crippen molar-refractivity contribution in [2.75, 3.05) is 0 Å². The van der Waals surface area contributed by atoms with E-state index in [1.807, 2.05) is 6.92 Å². The molecule has 0 aliphatic carbocycles. The Bertz CT molecular complexity index is 578. The largest absolute Gasteiger partial charge is 0.349 e. The summed E-state index contributed by atoms with van der Waals surface area (Å²) in [4.78, 5) is 13.0. The number of primary sulfonamides is 1. The van der Waals surface area contributed by atoms with Crippen molar-refractivity contribution in [1.29, 1.82) is 0 Å². The zero-order valence-electron chi connectivity index (χ0n) is 12.3. The zero-order chi connectivity index (χ0) is 15.5. The lowest BCUT2D eigenvalue weighted by atomic mass is 10.0. The SMILES string of the molecule is CCC(C)CC(C)NC(=O)c1cc(S(N)(=O)=O)c(C)s1. The van der Waals surface area contributed by atoms with Crippen molar-refractivity contribution in [3.05, 3.63) is 15.8 Å². The number of nitrogens with two attached hydrogens (primary N) is 1. The van der Waals surface area contributed by atoms with E-state index in [2.05, 4.69) is 19.2 Å². The number of aryl methyl sites for hydroxylation is 1. The summed E-state index contributed by atoms with van der Waals surface area (Å²) in [7, 11) is -3.77. The Morgan fingerprint density at radius 3 is 2.50 bits per heavy atom. The molecular weight excluding hydrogens is 296 g/mol. The Morgan fingerprint density at radius 1 is 1.45 bits per heavy atom. The van der Waals surface area contributed by atoms with Crippen LogP contribution in [0.15, 0.2) is 11.0 Å². The minimum Gasteiger partial charge on any atom is -0.349 e. The predicted molar refractivity (Wildman–Crippen MR) is 81.4 cm³/mol. The molecule has 5 nitrogen and oxygen atoms in total. The van der Waals surface area contributed by atoms with E-state index in [9.17, 15) is 13.2 Å². The van der Waals surface area contributed by atoms with Crippen LogP contribution < -0.4 is 10.5 Å². The van der Waals surface area contributed by atoms with Gasteiger partial charge in [0.25, 0.3) is 5.91 Å². The molecule has 0 saturated carbocycles. The van der Waals surface area contributed by atoms with Crippen LogP contribution in [0.5, 0.6) is 0 Å². The molecule has 0 spiro atoms. The van der Waals surface area contributed by atoms with Crippen LogP contribution in [0.25, 0.3) is 0 Å². The zero-order valence-corrected chi connectivity index (χ0v) is 13.9. The number of hydrogen-bond acceptors (Lipinski definition) is 4. The third kappa shape index (κ3) is 4.57. The molecule has 1 rings (SSSR count). The van der Waals surface area contributed by atoms with Crippen molar-refractivity contribution in [2.45, 2.75) is 51.5 Å². The van der Waals surface area contributed by atoms with Gasteiger partial charge in [0.05, 0.1) is 9.77 Å². The maximum Gasteiger partial charge on any atom is 0.261 e. The average molecular weight is 318 g/mol. The number of nitrogens with one attached hydrogen (secondary N) is 1. The van der Waals surface area contributed by atoms with E-state index in [1.54, 1.807) is 6.92 Å². The van der Waals surface area contributed by atoms with Gasteiger partial charge in [0.1, 0.15) is 0 Å². The van der Waals surface area contributed by atoms with Crippen LogP contribution in [0.4, 0.5) is 0 Å². The van der Waals surface area contributed by atoms with Gasteiger partial charge in [-0.15, -0.1) is 11.3 Å². The van der Waals surface area contributed by atoms with Gasteiger partial charge in [-0.25, -0.2) is 13.6 Å². The molecule has 2 atom stereocenters. The Kier molecular flexibility index (Phi) is 5.73. The smallest absolute Gasteiger partial charge is 0.261 e. The van der Waals surface area contributed by atoms with Gasteiger partial charge >= 0.3 is 0 Å². The quantitative estimate of drug-likeness (QED) is 0.843. The monoisotopic (exact) mass is 318 g/mol. The van der Waals surface area contributed by atoms with Crippen LogP contribution in [0.1, 0.15) is 48.2 Å². The second kappa shape index (κ2) is 6.69. The maximum absolute atomic E-state index is 12.1. The van der Waals surface area contributed by atoms with E-state index < -0.39 is 10.0 Å². The topological polar surface area (TPSA) is 89.3 Å². The predicted octanol–water partition coefficient (Wildman–Crippen LogP) is 2.26. The second-order valence-corrected chi connectivity index (χ2v) is 7.99. The fraction of sp³-hybridized carbons (Fsp3) is 0.615. The number of carbonyl (C=O) groups excluding carboxylic acids is 1. The van der Waals surface area contributed by atoms with Crippen LogP contribution in [-0.2, 0) is 10.0 Å². The first kappa shape index (κ1) is 17.1. The third-order valence-electron chi connectivity index (χ3n) is 3.23. The standard InChI is InChI=1S/C13H22N2O3S2/c1-5-8(2)6-9(3)15-13(16)11-7-12(10(4)19-11)20(14,17)18/h7-9H,5-6H2,1-4H3,(H,15,16)(H2,14,17,18). The highest BCUT2D eigenvalue weighted by molar-refractivity contribution is 7.89. The van der Waals surface area contributed by atoms with Gasteiger partial charge in [0.2, 0.25) is 10.0 Å². The number of sulfonamides is 1. The summed E-state index contributed by atoms with van der Waals surface area (Å²) in [6, 6.07) is 1.40. The molecule has 0 bridgehead atoms. The highest BCUT2D eigenvalue weighted by atomic mass is 32.2. The fourth-order valence-corrected chi connectivity index (χ4v) is 4.03. The fourth-order valence-electron chi connectivity index (χ4n) is 1.98. The van der Waals surface area contributed by atoms with Crippen molar-refractivity contribution in [3.63, 3.8) is 0 Å². The number of amides is 1. The summed E-state index contributed by atoms with van der Waals surface area (Å²) >= 11 is 1.14. The first-order valence-corrected chi connectivity index (χ1v) is 8.95. The van der Waals surface area contributed by atoms with Gasteiger partial charge in [-0.2, -0.15) is 0 Å². The summed E-state index contributed by atoms with van der Waals surface area (Å²) in [6.45, 7) is 7.84. The Morgan fingerprint density at radius 2 is 2.05 bits per heavy atom. The van der Waals surface area contributed by atoms with Crippen LogP contribution in [0.2, 0.25) is 0 Å². The average Bonchev–Trinajstić information content (AvgIpc) is 2.70. The molecule has 1 aromatic heterocycles. The minimum absolute atomic E-state index is 0.0298. The summed E-state index contributed by atoms with van der Waals surface area (Å²) in [5, 5.41) is 7.99. The number of thiophene rings is 1. The summed E-state index contributed by atoms with van der Waals surface area (Å²) in [5.41, 5.74) is 0. The maximum atomic E-state index is 12.1. The van der Waals surface area contributed by atoms with Crippen LogP contribution in [0, 0.1) is 12.8 Å². The van der Waals surface area contributed by atoms with Crippen molar-refractivity contribution in [1.82, 2.24) is 5.32 Å². The second-order valence-electron chi connectivity index (χ2n) is 5.20. The summed E-state index contributed by atoms with van der Waals surface area (Å²) < 4.78 is 22.7. The molecule has 2 unspecified atom stereocenters. The normalized spacial score (nSPS) is 14.8. The van der Waals surface area contributed by atoms with Crippen molar-refractivity contribution < 1.29 is 13.2 Å². The molecule has 1 amide bonds. The number of rotatable bonds is 6. The summed E-state index contributed by atoms with van der Waals surface area (Å²) in [5.74, 6) is 0.291. The molecule has 0 aliphatic rings. The van der Waals surface area contributed by atoms with E-state index in [1.165, 1.54) is 6.07 Å². The molecule has 0 saturated heterocycles. The van der Waals surface area contributed by atoms with Gasteiger partial charge < -0.3 is 5.32 Å². The van der Waals surface area contributed by atoms with Gasteiger partial charge in [-0.05, 0) is 32.3 Å². The van der Waals surface area contributed by atoms with E-state index in [4.69, 9.17) is 5.14 Å². The van der Waals surface area contributed by atoms with Crippen molar-refractivity contribution >= 4 is 27.3 Å². The minimum atomic E-state index is -3.77. The Balaban J connectivity index is 2.79. The first-order valence-electron chi connectivity index (χ1n) is 6.59. The van der Waals surface area contributed by atoms with Gasteiger partial charge in [-0.3, -0.25) is 4.79 Å². The molecule has 0 aromatic carbocycles. The van der Waals surface area contributed by atoms with Crippen molar-refractivity contribution in [3.8, 4) is 0 Å². The molecule has 1 heterocycles. The molecule has 3 N–H and O–H groups in total. The molecule has 0 fully saturated rings. The molecule has 20 heavy (non-hydrogen) atoms. The number of carbonyl (C=O) groups is 1. The lowest BCUT2D eigenvalue weighted by Gasteiger charge is -2.16. The molecule has 114 valence electrons. The highest BCUT2D eigenvalue weighted by Crippen LogP contribution is 2.25. The Labute approximate surface area is 124 Å². The molecule has 1 aromatic rings. The van der Waals surface area contributed by atoms with E-state index in [0.29, 0.717) is 15.7 Å². The third-order valence-corrected chi connectivity index (χ3v) is 5.45. The molecule has 0 radical (unpaired) electrons. The molecular formula is C13H22N2O3S2. The van der Waals surface area contributed by atoms with Crippen molar-refractivity contribution in [2.24, 2.45) is 11.1 Å². The molecule has 7 heteroatoms. The molecule has 0 aliphatic heterocycles. The van der Waals surface area contributed by atoms with Crippen LogP contribution >= 0.6 is 11.3 Å². The van der Waals surface area contributed by atoms with E-state index >= 15 is 0 Å². The van der Waals surface area contributed by atoms with Gasteiger partial charge in [-0.1, -0.05) is 20.3 Å². The lowest BCUT2D eigenvalue weighted by Crippen LogP contribution is -2.33. The number of hydrogen-bond donors (Lipinski definition) is 2. The van der Waals surface area contributed by atoms with E-state index in [-0.39, 0.29) is 16.8 Å². The van der Waals surface area contributed by atoms with Gasteiger partial charge in [0, 0.05) is 10.9 Å². The Hall–Kier alpha value is -0.920. The summed E-state index contributed by atoms with van der Waals surface area (Å²) in [6.07, 6.45) is 1.96. The lowest BCUT2D eigenvalue weighted by molar-refractivity contribution is 0.0939. The first-order chi connectivity index (χ1) is 9.15. The van der Waals surface area contributed by atoms with Crippen LogP contribution in [-0.4, -0.2) is 20.4 Å². The highest BCUT2D eigenvalue weighted by Gasteiger charge is 2.20. The van der Waals surface area contributed by atoms with E-state index in [0.717, 1.165) is 24.2 Å². The van der Waals surface area contributed by atoms with Crippen LogP contribution in [0.3, 0.4) is 0 Å². The van der Waals surface area contributed by atoms with Gasteiger partial charge in [0.15, 0.2) is 0 Å².